The van der Waals surface area contributed by atoms with Crippen molar-refractivity contribution >= 4 is 63.1 Å². The molecule has 5 aromatic rings. The van der Waals surface area contributed by atoms with Gasteiger partial charge < -0.3 is 21.4 Å². The number of imidazole rings is 1. The van der Waals surface area contributed by atoms with E-state index in [9.17, 15) is 4.79 Å². The quantitative estimate of drug-likeness (QED) is 0.290. The van der Waals surface area contributed by atoms with Crippen LogP contribution in [0.5, 0.6) is 0 Å². The lowest BCUT2D eigenvalue weighted by Crippen LogP contribution is -2.22. The van der Waals surface area contributed by atoms with E-state index >= 15 is 0 Å². The molecule has 2 aromatic carbocycles. The molecule has 0 bridgehead atoms. The highest BCUT2D eigenvalue weighted by Crippen LogP contribution is 2.34. The molecule has 11 heteroatoms. The fourth-order valence-corrected chi connectivity index (χ4v) is 4.00. The van der Waals surface area contributed by atoms with Crippen LogP contribution in [0.25, 0.3) is 27.7 Å². The molecular weight excluding hydrogens is 463 g/mol. The summed E-state index contributed by atoms with van der Waals surface area (Å²) in [5.41, 5.74) is 10.9. The van der Waals surface area contributed by atoms with Crippen LogP contribution in [-0.4, -0.2) is 37.0 Å². The number of carbonyl (C=O) groups is 1. The summed E-state index contributed by atoms with van der Waals surface area (Å²) in [7, 11) is 0. The van der Waals surface area contributed by atoms with Gasteiger partial charge in [0.1, 0.15) is 11.8 Å². The number of H-pyrrole nitrogens is 1. The van der Waals surface area contributed by atoms with Crippen molar-refractivity contribution in [3.8, 4) is 11.1 Å². The summed E-state index contributed by atoms with van der Waals surface area (Å²) in [5.74, 6) is 0.627. The lowest BCUT2D eigenvalue weighted by molar-refractivity contribution is 0.0956. The zero-order valence-corrected chi connectivity index (χ0v) is 18.9. The van der Waals surface area contributed by atoms with Gasteiger partial charge in [-0.15, -0.1) is 0 Å². The first-order valence-corrected chi connectivity index (χ1v) is 10.8. The molecule has 0 saturated heterocycles. The lowest BCUT2D eigenvalue weighted by Gasteiger charge is -2.08. The van der Waals surface area contributed by atoms with Crippen LogP contribution in [0.15, 0.2) is 48.9 Å². The number of carbonyl (C=O) groups excluding carboxylic acids is 1. The summed E-state index contributed by atoms with van der Waals surface area (Å²) in [4.78, 5) is 24.5. The Balaban J connectivity index is 1.51. The SMILES string of the molecule is CCNC(=O)c1cn2ncnc(N)c2c1-c1ccc(Nc2nc3cc(Cl)c(Cl)cc3[nH]2)cc1. The molecule has 166 valence electrons. The fourth-order valence-electron chi connectivity index (χ4n) is 3.68. The molecule has 0 aliphatic carbocycles. The van der Waals surface area contributed by atoms with Gasteiger partial charge in [0.25, 0.3) is 5.91 Å². The van der Waals surface area contributed by atoms with E-state index in [1.807, 2.05) is 31.2 Å². The van der Waals surface area contributed by atoms with Crippen molar-refractivity contribution in [1.29, 1.82) is 0 Å². The van der Waals surface area contributed by atoms with Crippen LogP contribution < -0.4 is 16.4 Å². The maximum absolute atomic E-state index is 12.7. The average molecular weight is 481 g/mol. The largest absolute Gasteiger partial charge is 0.382 e. The summed E-state index contributed by atoms with van der Waals surface area (Å²) in [6.45, 7) is 2.37. The number of hydrogen-bond donors (Lipinski definition) is 4. The normalized spacial score (nSPS) is 11.2. The van der Waals surface area contributed by atoms with Gasteiger partial charge >= 0.3 is 0 Å². The molecule has 0 fully saturated rings. The average Bonchev–Trinajstić information content (AvgIpc) is 3.36. The Morgan fingerprint density at radius 1 is 1.18 bits per heavy atom. The summed E-state index contributed by atoms with van der Waals surface area (Å²) in [5, 5.41) is 11.2. The number of nitrogens with two attached hydrogens (primary N) is 1. The third-order valence-electron chi connectivity index (χ3n) is 5.14. The number of amides is 1. The molecule has 0 aliphatic rings. The van der Waals surface area contributed by atoms with E-state index in [2.05, 4.69) is 30.7 Å². The van der Waals surface area contributed by atoms with Crippen molar-refractivity contribution < 1.29 is 4.79 Å². The number of benzene rings is 2. The number of anilines is 3. The van der Waals surface area contributed by atoms with Crippen molar-refractivity contribution in [2.75, 3.05) is 17.6 Å². The molecule has 0 atom stereocenters. The topological polar surface area (TPSA) is 126 Å². The second-order valence-corrected chi connectivity index (χ2v) is 8.10. The minimum atomic E-state index is -0.209. The highest BCUT2D eigenvalue weighted by atomic mass is 35.5. The predicted octanol–water partition coefficient (Wildman–Crippen LogP) is 4.65. The monoisotopic (exact) mass is 480 g/mol. The number of aromatic amines is 1. The van der Waals surface area contributed by atoms with Crippen LogP contribution in [0.4, 0.5) is 17.5 Å². The molecule has 5 N–H and O–H groups in total. The van der Waals surface area contributed by atoms with E-state index in [4.69, 9.17) is 28.9 Å². The molecule has 0 unspecified atom stereocenters. The van der Waals surface area contributed by atoms with Gasteiger partial charge in [0.05, 0.1) is 26.6 Å². The molecule has 3 heterocycles. The first-order chi connectivity index (χ1) is 15.9. The maximum atomic E-state index is 12.7. The van der Waals surface area contributed by atoms with E-state index in [0.717, 1.165) is 16.8 Å². The van der Waals surface area contributed by atoms with Gasteiger partial charge in [0.2, 0.25) is 5.95 Å². The van der Waals surface area contributed by atoms with Gasteiger partial charge in [-0.1, -0.05) is 35.3 Å². The van der Waals surface area contributed by atoms with E-state index in [1.165, 1.54) is 6.33 Å². The number of nitrogen functional groups attached to an aromatic ring is 1. The smallest absolute Gasteiger partial charge is 0.253 e. The van der Waals surface area contributed by atoms with Gasteiger partial charge in [-0.05, 0) is 36.8 Å². The molecule has 33 heavy (non-hydrogen) atoms. The third-order valence-corrected chi connectivity index (χ3v) is 5.87. The number of nitrogens with zero attached hydrogens (tertiary/aromatic N) is 4. The minimum Gasteiger partial charge on any atom is -0.382 e. The Morgan fingerprint density at radius 2 is 1.94 bits per heavy atom. The molecule has 3 aromatic heterocycles. The summed E-state index contributed by atoms with van der Waals surface area (Å²) in [6, 6.07) is 11.0. The Labute approximate surface area is 197 Å². The number of fused-ring (bicyclic) bond motifs is 2. The summed E-state index contributed by atoms with van der Waals surface area (Å²) >= 11 is 12.2. The van der Waals surface area contributed by atoms with E-state index in [-0.39, 0.29) is 11.7 Å². The first-order valence-electron chi connectivity index (χ1n) is 10.1. The first kappa shape index (κ1) is 21.0. The Morgan fingerprint density at radius 3 is 2.70 bits per heavy atom. The zero-order chi connectivity index (χ0) is 23.1. The summed E-state index contributed by atoms with van der Waals surface area (Å²) in [6.07, 6.45) is 3.01. The zero-order valence-electron chi connectivity index (χ0n) is 17.4. The molecule has 0 aliphatic heterocycles. The fraction of sp³-hybridized carbons (Fsp3) is 0.0909. The number of rotatable bonds is 5. The molecule has 1 amide bonds. The van der Waals surface area contributed by atoms with Gasteiger partial charge in [-0.3, -0.25) is 4.79 Å². The second kappa shape index (κ2) is 8.27. The number of hydrogen-bond acceptors (Lipinski definition) is 6. The van der Waals surface area contributed by atoms with Crippen LogP contribution in [0, 0.1) is 0 Å². The van der Waals surface area contributed by atoms with E-state index < -0.39 is 0 Å². The molecular formula is C22H18Cl2N8O. The number of nitrogens with one attached hydrogen (secondary N) is 3. The van der Waals surface area contributed by atoms with Crippen LogP contribution in [0.1, 0.15) is 17.3 Å². The molecule has 0 saturated carbocycles. The lowest BCUT2D eigenvalue weighted by atomic mass is 10.0. The maximum Gasteiger partial charge on any atom is 0.253 e. The molecule has 0 radical (unpaired) electrons. The number of aromatic nitrogens is 5. The van der Waals surface area contributed by atoms with Crippen molar-refractivity contribution in [3.63, 3.8) is 0 Å². The van der Waals surface area contributed by atoms with Gasteiger partial charge in [-0.2, -0.15) is 5.10 Å². The Hall–Kier alpha value is -3.82. The van der Waals surface area contributed by atoms with Crippen LogP contribution in [-0.2, 0) is 0 Å². The molecule has 0 spiro atoms. The number of halogens is 2. The van der Waals surface area contributed by atoms with Crippen molar-refractivity contribution in [2.24, 2.45) is 0 Å². The van der Waals surface area contributed by atoms with E-state index in [1.54, 1.807) is 22.8 Å². The van der Waals surface area contributed by atoms with Crippen molar-refractivity contribution in [1.82, 2.24) is 29.9 Å². The minimum absolute atomic E-state index is 0.209. The van der Waals surface area contributed by atoms with E-state index in [0.29, 0.717) is 44.7 Å². The Kier molecular flexibility index (Phi) is 5.27. The van der Waals surface area contributed by atoms with Crippen LogP contribution >= 0.6 is 23.2 Å². The van der Waals surface area contributed by atoms with Gasteiger partial charge in [0, 0.05) is 24.0 Å². The predicted molar refractivity (Wildman–Crippen MR) is 130 cm³/mol. The van der Waals surface area contributed by atoms with Crippen molar-refractivity contribution in [2.45, 2.75) is 6.92 Å². The third kappa shape index (κ3) is 3.81. The van der Waals surface area contributed by atoms with Gasteiger partial charge in [-0.25, -0.2) is 14.5 Å². The second-order valence-electron chi connectivity index (χ2n) is 7.29. The standard InChI is InChI=1S/C22H18Cl2N8O/c1-2-26-21(33)13-9-32-19(20(25)27-10-28-32)18(13)11-3-5-12(6-4-11)29-22-30-16-7-14(23)15(24)8-17(16)31-22/h3-10H,2H2,1H3,(H,26,33)(H2,25,27,28)(H2,29,30,31). The van der Waals surface area contributed by atoms with Crippen molar-refractivity contribution in [3.05, 3.63) is 64.5 Å². The van der Waals surface area contributed by atoms with Crippen LogP contribution in [0.2, 0.25) is 10.0 Å². The molecule has 5 rings (SSSR count). The van der Waals surface area contributed by atoms with Gasteiger partial charge in [0.15, 0.2) is 5.82 Å². The Bertz CT molecular complexity index is 1470. The van der Waals surface area contributed by atoms with Crippen LogP contribution in [0.3, 0.4) is 0 Å². The highest BCUT2D eigenvalue weighted by Gasteiger charge is 2.21. The molecule has 9 nitrogen and oxygen atoms in total. The summed E-state index contributed by atoms with van der Waals surface area (Å²) < 4.78 is 1.57. The highest BCUT2D eigenvalue weighted by molar-refractivity contribution is 6.42.